The summed E-state index contributed by atoms with van der Waals surface area (Å²) in [5, 5.41) is 9.22. The Morgan fingerprint density at radius 1 is 1.20 bits per heavy atom. The number of hydrogen-bond acceptors (Lipinski definition) is 4. The molecule has 0 unspecified atom stereocenters. The molecule has 0 atom stereocenters. The van der Waals surface area contributed by atoms with Crippen molar-refractivity contribution in [2.24, 2.45) is 0 Å². The molecule has 106 valence electrons. The molecule has 0 spiro atoms. The lowest BCUT2D eigenvalue weighted by Crippen LogP contribution is -2.12. The second-order valence-corrected chi connectivity index (χ2v) is 7.23. The molecule has 0 bridgehead atoms. The van der Waals surface area contributed by atoms with Gasteiger partial charge in [-0.15, -0.1) is 11.3 Å². The smallest absolute Gasteiger partial charge is 0.345 e. The molecule has 0 aliphatic carbocycles. The molecular weight excluding hydrogens is 345 g/mol. The lowest BCUT2D eigenvalue weighted by Gasteiger charge is -2.07. The topological polar surface area (TPSA) is 83.5 Å². The molecule has 2 aromatic rings. The lowest BCUT2D eigenvalue weighted by atomic mass is 10.4. The van der Waals surface area contributed by atoms with Crippen LogP contribution in [-0.2, 0) is 10.0 Å². The Bertz CT molecular complexity index is 770. The molecule has 20 heavy (non-hydrogen) atoms. The molecule has 1 aromatic heterocycles. The average molecular weight is 352 g/mol. The first-order chi connectivity index (χ1) is 9.29. The van der Waals surface area contributed by atoms with Gasteiger partial charge in [0.1, 0.15) is 14.8 Å². The summed E-state index contributed by atoms with van der Waals surface area (Å²) in [4.78, 5) is 10.6. The SMILES string of the molecule is O=C(O)c1ccc(NS(=O)(=O)c2cc(Cl)ccc2Cl)s1. The number of thiophene rings is 1. The molecule has 2 N–H and O–H groups in total. The van der Waals surface area contributed by atoms with E-state index in [1.54, 1.807) is 0 Å². The minimum atomic E-state index is -3.93. The molecule has 0 radical (unpaired) electrons. The number of carboxylic acid groups (broad SMARTS) is 1. The normalized spacial score (nSPS) is 11.3. The zero-order chi connectivity index (χ0) is 14.9. The first kappa shape index (κ1) is 15.1. The monoisotopic (exact) mass is 351 g/mol. The van der Waals surface area contributed by atoms with E-state index in [2.05, 4.69) is 4.72 Å². The van der Waals surface area contributed by atoms with Crippen molar-refractivity contribution in [2.75, 3.05) is 4.72 Å². The Balaban J connectivity index is 2.35. The minimum Gasteiger partial charge on any atom is -0.477 e. The van der Waals surface area contributed by atoms with Gasteiger partial charge in [0.05, 0.1) is 5.02 Å². The van der Waals surface area contributed by atoms with Crippen LogP contribution in [0.25, 0.3) is 0 Å². The highest BCUT2D eigenvalue weighted by Crippen LogP contribution is 2.29. The molecule has 0 amide bonds. The van der Waals surface area contributed by atoms with Gasteiger partial charge in [0.25, 0.3) is 10.0 Å². The Morgan fingerprint density at radius 3 is 2.50 bits per heavy atom. The lowest BCUT2D eigenvalue weighted by molar-refractivity contribution is 0.0702. The zero-order valence-corrected chi connectivity index (χ0v) is 12.8. The van der Waals surface area contributed by atoms with E-state index in [1.165, 1.54) is 30.3 Å². The van der Waals surface area contributed by atoms with Crippen LogP contribution in [0, 0.1) is 0 Å². The maximum absolute atomic E-state index is 12.2. The second kappa shape index (κ2) is 5.61. The van der Waals surface area contributed by atoms with Crippen LogP contribution in [0.5, 0.6) is 0 Å². The summed E-state index contributed by atoms with van der Waals surface area (Å²) < 4.78 is 26.6. The molecule has 1 aromatic carbocycles. The summed E-state index contributed by atoms with van der Waals surface area (Å²) in [6, 6.07) is 6.73. The molecule has 9 heteroatoms. The number of anilines is 1. The van der Waals surface area contributed by atoms with Crippen molar-refractivity contribution in [1.82, 2.24) is 0 Å². The van der Waals surface area contributed by atoms with E-state index >= 15 is 0 Å². The number of carbonyl (C=O) groups is 1. The summed E-state index contributed by atoms with van der Waals surface area (Å²) in [6.07, 6.45) is 0. The van der Waals surface area contributed by atoms with Gasteiger partial charge in [-0.2, -0.15) is 0 Å². The summed E-state index contributed by atoms with van der Waals surface area (Å²) in [5.74, 6) is -1.12. The van der Waals surface area contributed by atoms with E-state index < -0.39 is 16.0 Å². The summed E-state index contributed by atoms with van der Waals surface area (Å²) >= 11 is 12.4. The van der Waals surface area contributed by atoms with E-state index in [4.69, 9.17) is 28.3 Å². The number of hydrogen-bond donors (Lipinski definition) is 2. The highest BCUT2D eigenvalue weighted by Gasteiger charge is 2.20. The fraction of sp³-hybridized carbons (Fsp3) is 0. The van der Waals surface area contributed by atoms with Crippen LogP contribution in [-0.4, -0.2) is 19.5 Å². The third kappa shape index (κ3) is 3.24. The molecule has 5 nitrogen and oxygen atoms in total. The number of sulfonamides is 1. The number of benzene rings is 1. The van der Waals surface area contributed by atoms with Gasteiger partial charge < -0.3 is 5.11 Å². The van der Waals surface area contributed by atoms with E-state index in [0.717, 1.165) is 11.3 Å². The zero-order valence-electron chi connectivity index (χ0n) is 9.63. The van der Waals surface area contributed by atoms with Crippen LogP contribution in [0.3, 0.4) is 0 Å². The van der Waals surface area contributed by atoms with Crippen molar-refractivity contribution in [3.63, 3.8) is 0 Å². The third-order valence-electron chi connectivity index (χ3n) is 2.23. The maximum atomic E-state index is 12.2. The van der Waals surface area contributed by atoms with Crippen molar-refractivity contribution in [2.45, 2.75) is 4.90 Å². The van der Waals surface area contributed by atoms with Crippen molar-refractivity contribution in [1.29, 1.82) is 0 Å². The van der Waals surface area contributed by atoms with E-state index in [-0.39, 0.29) is 24.8 Å². The van der Waals surface area contributed by atoms with Gasteiger partial charge in [0, 0.05) is 5.02 Å². The number of halogens is 2. The quantitative estimate of drug-likeness (QED) is 0.881. The highest BCUT2D eigenvalue weighted by molar-refractivity contribution is 7.93. The number of rotatable bonds is 4. The summed E-state index contributed by atoms with van der Waals surface area (Å²) in [7, 11) is -3.93. The van der Waals surface area contributed by atoms with Crippen molar-refractivity contribution >= 4 is 55.5 Å². The van der Waals surface area contributed by atoms with Crippen LogP contribution in [0.1, 0.15) is 9.67 Å². The summed E-state index contributed by atoms with van der Waals surface area (Å²) in [5.41, 5.74) is 0. The minimum absolute atomic E-state index is 0.0249. The van der Waals surface area contributed by atoms with Crippen LogP contribution >= 0.6 is 34.5 Å². The molecule has 2 rings (SSSR count). The van der Waals surface area contributed by atoms with Gasteiger partial charge in [-0.05, 0) is 30.3 Å². The number of carboxylic acids is 1. The van der Waals surface area contributed by atoms with Crippen LogP contribution in [0.4, 0.5) is 5.00 Å². The fourth-order valence-electron chi connectivity index (χ4n) is 1.38. The molecule has 0 aliphatic heterocycles. The van der Waals surface area contributed by atoms with Crippen LogP contribution in [0.2, 0.25) is 10.0 Å². The molecule has 1 heterocycles. The Labute approximate surface area is 128 Å². The largest absolute Gasteiger partial charge is 0.477 e. The fourth-order valence-corrected chi connectivity index (χ4v) is 4.18. The maximum Gasteiger partial charge on any atom is 0.345 e. The van der Waals surface area contributed by atoms with E-state index in [0.29, 0.717) is 0 Å². The van der Waals surface area contributed by atoms with E-state index in [9.17, 15) is 13.2 Å². The first-order valence-corrected chi connectivity index (χ1v) is 8.16. The van der Waals surface area contributed by atoms with Gasteiger partial charge >= 0.3 is 5.97 Å². The third-order valence-corrected chi connectivity index (χ3v) is 5.43. The Kier molecular flexibility index (Phi) is 4.24. The van der Waals surface area contributed by atoms with Crippen molar-refractivity contribution in [3.8, 4) is 0 Å². The molecule has 0 saturated heterocycles. The first-order valence-electron chi connectivity index (χ1n) is 5.10. The number of nitrogens with one attached hydrogen (secondary N) is 1. The molecule has 0 fully saturated rings. The van der Waals surface area contributed by atoms with Crippen molar-refractivity contribution < 1.29 is 18.3 Å². The summed E-state index contributed by atoms with van der Waals surface area (Å²) in [6.45, 7) is 0. The standard InChI is InChI=1S/C11H7Cl2NO4S2/c12-6-1-2-7(13)9(5-6)20(17,18)14-10-4-3-8(19-10)11(15)16/h1-5,14H,(H,15,16). The Hall–Kier alpha value is -1.28. The average Bonchev–Trinajstić information content (AvgIpc) is 2.80. The molecular formula is C11H7Cl2NO4S2. The highest BCUT2D eigenvalue weighted by atomic mass is 35.5. The van der Waals surface area contributed by atoms with Crippen molar-refractivity contribution in [3.05, 3.63) is 45.3 Å². The second-order valence-electron chi connectivity index (χ2n) is 3.65. The van der Waals surface area contributed by atoms with E-state index in [1.807, 2.05) is 0 Å². The Morgan fingerprint density at radius 2 is 1.90 bits per heavy atom. The van der Waals surface area contributed by atoms with Gasteiger partial charge in [0.15, 0.2) is 0 Å². The predicted molar refractivity (Wildman–Crippen MR) is 78.5 cm³/mol. The van der Waals surface area contributed by atoms with Gasteiger partial charge in [0.2, 0.25) is 0 Å². The molecule has 0 aliphatic rings. The number of aromatic carboxylic acids is 1. The molecule has 0 saturated carbocycles. The predicted octanol–water partition coefficient (Wildman–Crippen LogP) is 3.55. The van der Waals surface area contributed by atoms with Gasteiger partial charge in [-0.1, -0.05) is 23.2 Å². The van der Waals surface area contributed by atoms with Gasteiger partial charge in [-0.3, -0.25) is 4.72 Å². The van der Waals surface area contributed by atoms with Crippen LogP contribution in [0.15, 0.2) is 35.2 Å². The van der Waals surface area contributed by atoms with Crippen LogP contribution < -0.4 is 4.72 Å². The van der Waals surface area contributed by atoms with Gasteiger partial charge in [-0.25, -0.2) is 13.2 Å².